The monoisotopic (exact) mass is 531 g/mol. The van der Waals surface area contributed by atoms with E-state index in [1.165, 1.54) is 103 Å². The number of carbonyl (C=O) groups excluding carboxylic acids is 1. The number of nitrogens with zero attached hydrogens (tertiary/aromatic N) is 1. The molecule has 1 N–H and O–H groups in total. The first-order valence-corrected chi connectivity index (χ1v) is 16.4. The van der Waals surface area contributed by atoms with E-state index in [1.807, 2.05) is 4.90 Å². The highest BCUT2D eigenvalue weighted by Crippen LogP contribution is 2.30. The lowest BCUT2D eigenvalue weighted by Crippen LogP contribution is -2.38. The average molecular weight is 532 g/mol. The molecule has 4 nitrogen and oxygen atoms in total. The van der Waals surface area contributed by atoms with E-state index in [0.717, 1.165) is 45.1 Å². The first kappa shape index (κ1) is 34.4. The van der Waals surface area contributed by atoms with E-state index >= 15 is 0 Å². The van der Waals surface area contributed by atoms with Gasteiger partial charge in [-0.25, -0.2) is 0 Å². The van der Waals surface area contributed by atoms with Gasteiger partial charge in [-0.2, -0.15) is 0 Å². The molecular formula is C34H61NO3. The van der Waals surface area contributed by atoms with E-state index in [-0.39, 0.29) is 18.4 Å². The number of amides is 1. The maximum absolute atomic E-state index is 12.6. The fourth-order valence-electron chi connectivity index (χ4n) is 5.68. The molecule has 0 aromatic heterocycles. The zero-order valence-electron chi connectivity index (χ0n) is 25.1. The molecule has 1 rings (SSSR count). The first-order valence-electron chi connectivity index (χ1n) is 16.4. The van der Waals surface area contributed by atoms with Gasteiger partial charge >= 0.3 is 5.97 Å². The number of aliphatic carboxylic acids is 1. The molecule has 220 valence electrons. The van der Waals surface area contributed by atoms with Crippen LogP contribution in [0, 0.1) is 5.92 Å². The van der Waals surface area contributed by atoms with Crippen LogP contribution in [0.2, 0.25) is 0 Å². The molecule has 0 aliphatic carbocycles. The molecular weight excluding hydrogens is 470 g/mol. The van der Waals surface area contributed by atoms with Gasteiger partial charge in [-0.15, -0.1) is 0 Å². The second-order valence-corrected chi connectivity index (χ2v) is 11.5. The number of carboxylic acids is 1. The molecule has 1 fully saturated rings. The zero-order valence-corrected chi connectivity index (χ0v) is 25.1. The van der Waals surface area contributed by atoms with Crippen LogP contribution in [-0.4, -0.2) is 34.5 Å². The van der Waals surface area contributed by atoms with Crippen LogP contribution in [0.15, 0.2) is 24.3 Å². The third-order valence-corrected chi connectivity index (χ3v) is 8.10. The standard InChI is InChI=1S/C34H61NO3/c1-3-5-7-9-11-13-14-15-16-17-18-19-21-23-25-27-29-35-32(31(34(37)38)30-33(35)36)28-26-24-22-20-12-10-8-6-4-2/h11,13,15-16,31-32H,3-10,12,14,17-30H2,1-2H3,(H,37,38)/b13-11-,16-15-/t31-,32+/m0/s1. The minimum absolute atomic E-state index is 0.0564. The molecule has 0 aromatic rings. The van der Waals surface area contributed by atoms with E-state index in [0.29, 0.717) is 0 Å². The predicted octanol–water partition coefficient (Wildman–Crippen LogP) is 10.0. The van der Waals surface area contributed by atoms with E-state index in [1.54, 1.807) is 0 Å². The maximum Gasteiger partial charge on any atom is 0.309 e. The van der Waals surface area contributed by atoms with E-state index in [9.17, 15) is 14.7 Å². The topological polar surface area (TPSA) is 57.6 Å². The second kappa shape index (κ2) is 24.5. The molecule has 0 radical (unpaired) electrons. The summed E-state index contributed by atoms with van der Waals surface area (Å²) in [6.45, 7) is 5.23. The number of likely N-dealkylation sites (tertiary alicyclic amines) is 1. The average Bonchev–Trinajstić information content (AvgIpc) is 3.22. The van der Waals surface area contributed by atoms with Crippen molar-refractivity contribution in [3.8, 4) is 0 Å². The van der Waals surface area contributed by atoms with Gasteiger partial charge in [0.1, 0.15) is 0 Å². The van der Waals surface area contributed by atoms with Crippen LogP contribution in [0.1, 0.15) is 162 Å². The third-order valence-electron chi connectivity index (χ3n) is 8.10. The Kier molecular flexibility index (Phi) is 22.2. The molecule has 1 saturated heterocycles. The largest absolute Gasteiger partial charge is 0.481 e. The van der Waals surface area contributed by atoms with Crippen LogP contribution in [0.4, 0.5) is 0 Å². The quantitative estimate of drug-likeness (QED) is 0.0892. The molecule has 1 heterocycles. The fraction of sp³-hybridized carbons (Fsp3) is 0.824. The van der Waals surface area contributed by atoms with Crippen LogP contribution in [0.25, 0.3) is 0 Å². The first-order chi connectivity index (χ1) is 18.6. The van der Waals surface area contributed by atoms with Gasteiger partial charge in [-0.05, 0) is 44.9 Å². The molecule has 0 aromatic carbocycles. The van der Waals surface area contributed by atoms with Crippen LogP contribution >= 0.6 is 0 Å². The summed E-state index contributed by atoms with van der Waals surface area (Å²) >= 11 is 0. The van der Waals surface area contributed by atoms with Gasteiger partial charge in [0.2, 0.25) is 5.91 Å². The van der Waals surface area contributed by atoms with Gasteiger partial charge in [-0.3, -0.25) is 9.59 Å². The SMILES string of the molecule is CCCCC/C=C\C/C=C\CCCCCCCCN1C(=O)C[C@H](C(=O)O)[C@H]1CCCCCCCCCCC. The van der Waals surface area contributed by atoms with Crippen molar-refractivity contribution in [1.29, 1.82) is 0 Å². The highest BCUT2D eigenvalue weighted by molar-refractivity contribution is 5.87. The Morgan fingerprint density at radius 1 is 0.711 bits per heavy atom. The van der Waals surface area contributed by atoms with Crippen molar-refractivity contribution >= 4 is 11.9 Å². The lowest BCUT2D eigenvalue weighted by Gasteiger charge is -2.27. The number of rotatable bonds is 26. The van der Waals surface area contributed by atoms with Crippen LogP contribution in [0.3, 0.4) is 0 Å². The van der Waals surface area contributed by atoms with Crippen LogP contribution in [0.5, 0.6) is 0 Å². The summed E-state index contributed by atoms with van der Waals surface area (Å²) in [7, 11) is 0. The molecule has 1 amide bonds. The summed E-state index contributed by atoms with van der Waals surface area (Å²) in [5.74, 6) is -1.25. The van der Waals surface area contributed by atoms with Crippen molar-refractivity contribution in [3.05, 3.63) is 24.3 Å². The van der Waals surface area contributed by atoms with E-state index < -0.39 is 11.9 Å². The summed E-state index contributed by atoms with van der Waals surface area (Å²) in [6, 6.07) is -0.0949. The highest BCUT2D eigenvalue weighted by atomic mass is 16.4. The Hall–Kier alpha value is -1.58. The summed E-state index contributed by atoms with van der Waals surface area (Å²) < 4.78 is 0. The molecule has 1 aliphatic rings. The molecule has 0 bridgehead atoms. The van der Waals surface area contributed by atoms with Crippen molar-refractivity contribution in [2.24, 2.45) is 5.92 Å². The van der Waals surface area contributed by atoms with Crippen molar-refractivity contribution in [3.63, 3.8) is 0 Å². The van der Waals surface area contributed by atoms with Gasteiger partial charge in [0.15, 0.2) is 0 Å². The van der Waals surface area contributed by atoms with E-state index in [2.05, 4.69) is 38.2 Å². The van der Waals surface area contributed by atoms with Crippen molar-refractivity contribution < 1.29 is 14.7 Å². The lowest BCUT2D eigenvalue weighted by molar-refractivity contribution is -0.142. The van der Waals surface area contributed by atoms with Gasteiger partial charge in [0, 0.05) is 19.0 Å². The summed E-state index contributed by atoms with van der Waals surface area (Å²) in [5, 5.41) is 9.69. The molecule has 4 heteroatoms. The Morgan fingerprint density at radius 3 is 1.76 bits per heavy atom. The predicted molar refractivity (Wildman–Crippen MR) is 162 cm³/mol. The summed E-state index contributed by atoms with van der Waals surface area (Å²) in [6.07, 6.45) is 36.1. The smallest absolute Gasteiger partial charge is 0.309 e. The Morgan fingerprint density at radius 2 is 1.18 bits per heavy atom. The molecule has 0 saturated carbocycles. The number of carboxylic acid groups (broad SMARTS) is 1. The lowest BCUT2D eigenvalue weighted by atomic mass is 9.94. The fourth-order valence-corrected chi connectivity index (χ4v) is 5.68. The van der Waals surface area contributed by atoms with Gasteiger partial charge in [0.25, 0.3) is 0 Å². The molecule has 38 heavy (non-hydrogen) atoms. The number of unbranched alkanes of at least 4 members (excludes halogenated alkanes) is 17. The summed E-state index contributed by atoms with van der Waals surface area (Å²) in [4.78, 5) is 26.3. The minimum atomic E-state index is -0.793. The highest BCUT2D eigenvalue weighted by Gasteiger charge is 2.42. The minimum Gasteiger partial charge on any atom is -0.481 e. The molecule has 0 unspecified atom stereocenters. The Labute approximate surface area is 235 Å². The molecule has 1 aliphatic heterocycles. The van der Waals surface area contributed by atoms with Crippen LogP contribution in [-0.2, 0) is 9.59 Å². The number of carbonyl (C=O) groups is 2. The second-order valence-electron chi connectivity index (χ2n) is 11.5. The van der Waals surface area contributed by atoms with Gasteiger partial charge in [-0.1, -0.05) is 134 Å². The zero-order chi connectivity index (χ0) is 27.7. The van der Waals surface area contributed by atoms with E-state index in [4.69, 9.17) is 0 Å². The van der Waals surface area contributed by atoms with Crippen molar-refractivity contribution in [2.75, 3.05) is 6.54 Å². The molecule has 0 spiro atoms. The van der Waals surface area contributed by atoms with Crippen molar-refractivity contribution in [2.45, 2.75) is 168 Å². The van der Waals surface area contributed by atoms with Gasteiger partial charge < -0.3 is 10.0 Å². The number of hydrogen-bond donors (Lipinski definition) is 1. The number of hydrogen-bond acceptors (Lipinski definition) is 2. The van der Waals surface area contributed by atoms with Crippen LogP contribution < -0.4 is 0 Å². The van der Waals surface area contributed by atoms with Gasteiger partial charge in [0.05, 0.1) is 5.92 Å². The normalized spacial score (nSPS) is 17.9. The summed E-state index contributed by atoms with van der Waals surface area (Å²) in [5.41, 5.74) is 0. The Bertz CT molecular complexity index is 642. The molecule has 2 atom stereocenters. The number of allylic oxidation sites excluding steroid dienone is 4. The Balaban J connectivity index is 2.13. The third kappa shape index (κ3) is 17.1. The van der Waals surface area contributed by atoms with Crippen molar-refractivity contribution in [1.82, 2.24) is 4.90 Å². The maximum atomic E-state index is 12.6.